The van der Waals surface area contributed by atoms with Gasteiger partial charge in [0, 0.05) is 18.1 Å². The second kappa shape index (κ2) is 4.82. The second-order valence-electron chi connectivity index (χ2n) is 4.24. The highest BCUT2D eigenvalue weighted by atomic mass is 16.6. The number of hydrogen-bond donors (Lipinski definition) is 1. The standard InChI is InChI=1S/C11H14N2O4/c1-11(2,17-10(12)14)7-8-5-3-4-6-9(8)13(15)16/h3-6H,7H2,1-2H3,(H2,12,14). The van der Waals surface area contributed by atoms with Crippen molar-refractivity contribution in [3.8, 4) is 0 Å². The molecule has 0 bridgehead atoms. The fourth-order valence-electron chi connectivity index (χ4n) is 1.61. The first-order valence-corrected chi connectivity index (χ1v) is 5.02. The molecule has 1 aromatic carbocycles. The molecule has 17 heavy (non-hydrogen) atoms. The van der Waals surface area contributed by atoms with Crippen LogP contribution in [0, 0.1) is 10.1 Å². The molecule has 0 heterocycles. The van der Waals surface area contributed by atoms with Crippen LogP contribution >= 0.6 is 0 Å². The van der Waals surface area contributed by atoms with E-state index in [1.54, 1.807) is 32.0 Å². The average Bonchev–Trinajstić information content (AvgIpc) is 2.14. The third-order valence-corrected chi connectivity index (χ3v) is 2.18. The number of para-hydroxylation sites is 1. The first kappa shape index (κ1) is 13.0. The van der Waals surface area contributed by atoms with Crippen molar-refractivity contribution in [2.24, 2.45) is 5.73 Å². The molecule has 0 aromatic heterocycles. The molecule has 0 fully saturated rings. The number of ether oxygens (including phenoxy) is 1. The van der Waals surface area contributed by atoms with Crippen LogP contribution in [0.25, 0.3) is 0 Å². The summed E-state index contributed by atoms with van der Waals surface area (Å²) in [5.41, 5.74) is 4.57. The van der Waals surface area contributed by atoms with Crippen LogP contribution in [-0.4, -0.2) is 16.6 Å². The molecular formula is C11H14N2O4. The lowest BCUT2D eigenvalue weighted by Gasteiger charge is -2.23. The van der Waals surface area contributed by atoms with E-state index in [9.17, 15) is 14.9 Å². The van der Waals surface area contributed by atoms with E-state index >= 15 is 0 Å². The van der Waals surface area contributed by atoms with Crippen molar-refractivity contribution < 1.29 is 14.5 Å². The number of carbonyl (C=O) groups excluding carboxylic acids is 1. The molecule has 0 aliphatic heterocycles. The smallest absolute Gasteiger partial charge is 0.405 e. The molecular weight excluding hydrogens is 224 g/mol. The van der Waals surface area contributed by atoms with Gasteiger partial charge in [0.1, 0.15) is 5.60 Å². The molecule has 6 heteroatoms. The van der Waals surface area contributed by atoms with E-state index in [2.05, 4.69) is 0 Å². The molecule has 0 radical (unpaired) electrons. The van der Waals surface area contributed by atoms with Crippen LogP contribution in [0.4, 0.5) is 10.5 Å². The minimum Gasteiger partial charge on any atom is -0.443 e. The lowest BCUT2D eigenvalue weighted by atomic mass is 9.97. The summed E-state index contributed by atoms with van der Waals surface area (Å²) in [6.45, 7) is 3.29. The highest BCUT2D eigenvalue weighted by molar-refractivity contribution is 5.65. The Labute approximate surface area is 98.5 Å². The van der Waals surface area contributed by atoms with Crippen molar-refractivity contribution in [3.63, 3.8) is 0 Å². The first-order chi connectivity index (χ1) is 7.82. The Bertz CT molecular complexity index is 443. The van der Waals surface area contributed by atoms with Crippen LogP contribution < -0.4 is 5.73 Å². The van der Waals surface area contributed by atoms with Crippen molar-refractivity contribution in [1.29, 1.82) is 0 Å². The Morgan fingerprint density at radius 2 is 2.06 bits per heavy atom. The molecule has 0 spiro atoms. The summed E-state index contributed by atoms with van der Waals surface area (Å²) in [5, 5.41) is 10.8. The van der Waals surface area contributed by atoms with Crippen molar-refractivity contribution in [1.82, 2.24) is 0 Å². The van der Waals surface area contributed by atoms with E-state index < -0.39 is 16.6 Å². The number of nitro benzene ring substituents is 1. The van der Waals surface area contributed by atoms with Crippen LogP contribution in [0.2, 0.25) is 0 Å². The van der Waals surface area contributed by atoms with Gasteiger partial charge in [-0.3, -0.25) is 10.1 Å². The topological polar surface area (TPSA) is 95.5 Å². The quantitative estimate of drug-likeness (QED) is 0.641. The number of primary amides is 1. The third-order valence-electron chi connectivity index (χ3n) is 2.18. The lowest BCUT2D eigenvalue weighted by Crippen LogP contribution is -2.33. The van der Waals surface area contributed by atoms with Crippen LogP contribution in [0.1, 0.15) is 19.4 Å². The molecule has 0 aliphatic rings. The molecule has 1 amide bonds. The SMILES string of the molecule is CC(C)(Cc1ccccc1[N+](=O)[O-])OC(N)=O. The minimum atomic E-state index is -0.895. The Morgan fingerprint density at radius 1 is 1.47 bits per heavy atom. The number of hydrogen-bond acceptors (Lipinski definition) is 4. The van der Waals surface area contributed by atoms with E-state index in [-0.39, 0.29) is 12.1 Å². The van der Waals surface area contributed by atoms with Crippen LogP contribution in [0.15, 0.2) is 24.3 Å². The zero-order valence-corrected chi connectivity index (χ0v) is 9.67. The fourth-order valence-corrected chi connectivity index (χ4v) is 1.61. The van der Waals surface area contributed by atoms with Gasteiger partial charge in [-0.2, -0.15) is 0 Å². The minimum absolute atomic E-state index is 0.00801. The molecule has 0 unspecified atom stereocenters. The Balaban J connectivity index is 2.95. The van der Waals surface area contributed by atoms with Crippen molar-refractivity contribution >= 4 is 11.8 Å². The summed E-state index contributed by atoms with van der Waals surface area (Å²) >= 11 is 0. The fraction of sp³-hybridized carbons (Fsp3) is 0.364. The number of benzene rings is 1. The molecule has 0 atom stereocenters. The predicted molar refractivity (Wildman–Crippen MR) is 61.5 cm³/mol. The lowest BCUT2D eigenvalue weighted by molar-refractivity contribution is -0.385. The van der Waals surface area contributed by atoms with Gasteiger partial charge in [0.05, 0.1) is 4.92 Å². The maximum Gasteiger partial charge on any atom is 0.405 e. The average molecular weight is 238 g/mol. The molecule has 1 aromatic rings. The molecule has 1 rings (SSSR count). The summed E-state index contributed by atoms with van der Waals surface area (Å²) in [4.78, 5) is 21.0. The Hall–Kier alpha value is -2.11. The Kier molecular flexibility index (Phi) is 3.67. The second-order valence-corrected chi connectivity index (χ2v) is 4.24. The molecule has 6 nitrogen and oxygen atoms in total. The normalized spacial score (nSPS) is 10.9. The van der Waals surface area contributed by atoms with E-state index in [0.717, 1.165) is 0 Å². The van der Waals surface area contributed by atoms with Gasteiger partial charge in [-0.1, -0.05) is 18.2 Å². The maximum absolute atomic E-state index is 10.8. The van der Waals surface area contributed by atoms with Crippen LogP contribution in [0.5, 0.6) is 0 Å². The number of carbonyl (C=O) groups is 1. The zero-order chi connectivity index (χ0) is 13.1. The summed E-state index contributed by atoms with van der Waals surface area (Å²) in [6.07, 6.45) is -0.666. The van der Waals surface area contributed by atoms with Crippen LogP contribution in [0.3, 0.4) is 0 Å². The number of rotatable bonds is 4. The number of amides is 1. The summed E-state index contributed by atoms with van der Waals surface area (Å²) < 4.78 is 4.89. The third kappa shape index (κ3) is 3.75. The molecule has 92 valence electrons. The molecule has 0 saturated carbocycles. The highest BCUT2D eigenvalue weighted by Crippen LogP contribution is 2.24. The van der Waals surface area contributed by atoms with E-state index in [4.69, 9.17) is 10.5 Å². The predicted octanol–water partition coefficient (Wildman–Crippen LogP) is 2.01. The van der Waals surface area contributed by atoms with Gasteiger partial charge in [0.2, 0.25) is 0 Å². The van der Waals surface area contributed by atoms with Gasteiger partial charge < -0.3 is 10.5 Å². The van der Waals surface area contributed by atoms with Crippen molar-refractivity contribution in [3.05, 3.63) is 39.9 Å². The molecule has 0 saturated heterocycles. The van der Waals surface area contributed by atoms with Gasteiger partial charge >= 0.3 is 6.09 Å². The summed E-state index contributed by atoms with van der Waals surface area (Å²) in [7, 11) is 0. The highest BCUT2D eigenvalue weighted by Gasteiger charge is 2.26. The van der Waals surface area contributed by atoms with Crippen molar-refractivity contribution in [2.75, 3.05) is 0 Å². The van der Waals surface area contributed by atoms with E-state index in [0.29, 0.717) is 5.56 Å². The van der Waals surface area contributed by atoms with Gasteiger partial charge in [0.25, 0.3) is 5.69 Å². The van der Waals surface area contributed by atoms with Gasteiger partial charge in [-0.25, -0.2) is 4.79 Å². The summed E-state index contributed by atoms with van der Waals surface area (Å²) in [5.74, 6) is 0. The number of nitro groups is 1. The van der Waals surface area contributed by atoms with Gasteiger partial charge in [0.15, 0.2) is 0 Å². The first-order valence-electron chi connectivity index (χ1n) is 5.02. The number of nitrogens with zero attached hydrogens (tertiary/aromatic N) is 1. The van der Waals surface area contributed by atoms with E-state index in [1.165, 1.54) is 6.07 Å². The van der Waals surface area contributed by atoms with Crippen molar-refractivity contribution in [2.45, 2.75) is 25.9 Å². The van der Waals surface area contributed by atoms with Crippen LogP contribution in [-0.2, 0) is 11.2 Å². The Morgan fingerprint density at radius 3 is 2.59 bits per heavy atom. The number of nitrogens with two attached hydrogens (primary N) is 1. The largest absolute Gasteiger partial charge is 0.443 e. The molecule has 0 aliphatic carbocycles. The maximum atomic E-state index is 10.8. The summed E-state index contributed by atoms with van der Waals surface area (Å²) in [6, 6.07) is 6.33. The molecule has 2 N–H and O–H groups in total. The zero-order valence-electron chi connectivity index (χ0n) is 9.67. The van der Waals surface area contributed by atoms with E-state index in [1.807, 2.05) is 0 Å². The van der Waals surface area contributed by atoms with Gasteiger partial charge in [-0.15, -0.1) is 0 Å². The van der Waals surface area contributed by atoms with Gasteiger partial charge in [-0.05, 0) is 13.8 Å². The monoisotopic (exact) mass is 238 g/mol.